The van der Waals surface area contributed by atoms with Crippen LogP contribution in [0.1, 0.15) is 53.4 Å². The Hall–Kier alpha value is -0.0800. The van der Waals surface area contributed by atoms with Crippen LogP contribution in [0.5, 0.6) is 0 Å². The van der Waals surface area contributed by atoms with Crippen LogP contribution in [-0.4, -0.2) is 25.3 Å². The number of rotatable bonds is 5. The van der Waals surface area contributed by atoms with Crippen LogP contribution in [-0.2, 0) is 4.74 Å². The molecule has 0 aromatic carbocycles. The van der Waals surface area contributed by atoms with E-state index in [1.165, 1.54) is 32.2 Å². The van der Waals surface area contributed by atoms with E-state index in [0.29, 0.717) is 17.6 Å². The third-order valence-corrected chi connectivity index (χ3v) is 4.65. The number of nitrogens with one attached hydrogen (secondary N) is 1. The summed E-state index contributed by atoms with van der Waals surface area (Å²) in [5, 5.41) is 3.78. The summed E-state index contributed by atoms with van der Waals surface area (Å²) in [6.07, 6.45) is 5.77. The van der Waals surface area contributed by atoms with Crippen molar-refractivity contribution in [2.75, 3.05) is 13.2 Å². The standard InChI is InChI=1S/C15H29NO/c1-11(2)7-5-9-16-13-12-8-6-10-17-14(12)15(13,3)4/h11-14,16H,5-10H2,1-4H3. The lowest BCUT2D eigenvalue weighted by Crippen LogP contribution is -2.69. The summed E-state index contributed by atoms with van der Waals surface area (Å²) < 4.78 is 5.93. The molecule has 0 aromatic rings. The molecule has 1 heterocycles. The predicted molar refractivity (Wildman–Crippen MR) is 72.1 cm³/mol. The number of fused-ring (bicyclic) bond motifs is 1. The SMILES string of the molecule is CC(C)CCCNC1C2CCCOC2C1(C)C. The van der Waals surface area contributed by atoms with Crippen LogP contribution in [0.2, 0.25) is 0 Å². The van der Waals surface area contributed by atoms with E-state index in [4.69, 9.17) is 4.74 Å². The maximum atomic E-state index is 5.93. The highest BCUT2D eigenvalue weighted by Gasteiger charge is 2.57. The number of ether oxygens (including phenoxy) is 1. The van der Waals surface area contributed by atoms with Crippen molar-refractivity contribution in [1.82, 2.24) is 5.32 Å². The maximum Gasteiger partial charge on any atom is 0.0684 e. The zero-order valence-corrected chi connectivity index (χ0v) is 12.0. The quantitative estimate of drug-likeness (QED) is 0.744. The summed E-state index contributed by atoms with van der Waals surface area (Å²) in [6, 6.07) is 0.681. The molecule has 1 saturated heterocycles. The molecule has 1 N–H and O–H groups in total. The van der Waals surface area contributed by atoms with E-state index in [1.54, 1.807) is 0 Å². The monoisotopic (exact) mass is 239 g/mol. The molecule has 2 rings (SSSR count). The molecule has 0 bridgehead atoms. The van der Waals surface area contributed by atoms with Crippen molar-refractivity contribution in [2.45, 2.75) is 65.5 Å². The second kappa shape index (κ2) is 5.27. The first-order valence-electron chi connectivity index (χ1n) is 7.38. The zero-order chi connectivity index (χ0) is 12.5. The van der Waals surface area contributed by atoms with Crippen molar-refractivity contribution >= 4 is 0 Å². The Kier molecular flexibility index (Phi) is 4.14. The normalized spacial score (nSPS) is 35.5. The molecule has 0 aromatic heterocycles. The molecule has 0 radical (unpaired) electrons. The van der Waals surface area contributed by atoms with E-state index in [0.717, 1.165) is 18.4 Å². The van der Waals surface area contributed by atoms with Gasteiger partial charge in [-0.3, -0.25) is 0 Å². The smallest absolute Gasteiger partial charge is 0.0684 e. The third kappa shape index (κ3) is 2.68. The molecule has 17 heavy (non-hydrogen) atoms. The fourth-order valence-electron chi connectivity index (χ4n) is 3.70. The molecule has 100 valence electrons. The highest BCUT2D eigenvalue weighted by molar-refractivity contribution is 5.10. The Morgan fingerprint density at radius 1 is 1.35 bits per heavy atom. The van der Waals surface area contributed by atoms with Gasteiger partial charge in [-0.05, 0) is 38.1 Å². The van der Waals surface area contributed by atoms with Gasteiger partial charge in [0.05, 0.1) is 6.10 Å². The third-order valence-electron chi connectivity index (χ3n) is 4.65. The van der Waals surface area contributed by atoms with E-state index in [2.05, 4.69) is 33.0 Å². The molecule has 1 saturated carbocycles. The van der Waals surface area contributed by atoms with Gasteiger partial charge in [0.15, 0.2) is 0 Å². The average Bonchev–Trinajstić information content (AvgIpc) is 2.28. The molecule has 2 nitrogen and oxygen atoms in total. The molecule has 2 fully saturated rings. The number of hydrogen-bond acceptors (Lipinski definition) is 2. The van der Waals surface area contributed by atoms with E-state index in [-0.39, 0.29) is 0 Å². The Balaban J connectivity index is 1.76. The molecule has 1 aliphatic heterocycles. The van der Waals surface area contributed by atoms with Crippen LogP contribution in [0.15, 0.2) is 0 Å². The van der Waals surface area contributed by atoms with Gasteiger partial charge in [0.1, 0.15) is 0 Å². The van der Waals surface area contributed by atoms with Gasteiger partial charge in [-0.15, -0.1) is 0 Å². The lowest BCUT2D eigenvalue weighted by Gasteiger charge is -2.60. The van der Waals surface area contributed by atoms with Crippen molar-refractivity contribution in [2.24, 2.45) is 17.3 Å². The second-order valence-electron chi connectivity index (χ2n) is 6.89. The topological polar surface area (TPSA) is 21.3 Å². The first-order chi connectivity index (χ1) is 8.03. The first-order valence-corrected chi connectivity index (χ1v) is 7.38. The summed E-state index contributed by atoms with van der Waals surface area (Å²) in [5.74, 6) is 1.61. The molecule has 2 heteroatoms. The van der Waals surface area contributed by atoms with Crippen LogP contribution in [0, 0.1) is 17.3 Å². The maximum absolute atomic E-state index is 5.93. The van der Waals surface area contributed by atoms with E-state index in [1.807, 2.05) is 0 Å². The Morgan fingerprint density at radius 2 is 2.12 bits per heavy atom. The second-order valence-corrected chi connectivity index (χ2v) is 6.89. The van der Waals surface area contributed by atoms with Gasteiger partial charge in [0.2, 0.25) is 0 Å². The van der Waals surface area contributed by atoms with Gasteiger partial charge in [-0.25, -0.2) is 0 Å². The summed E-state index contributed by atoms with van der Waals surface area (Å²) in [5.41, 5.74) is 0.336. The average molecular weight is 239 g/mol. The minimum Gasteiger partial charge on any atom is -0.377 e. The van der Waals surface area contributed by atoms with Gasteiger partial charge in [0, 0.05) is 24.0 Å². The highest BCUT2D eigenvalue weighted by atomic mass is 16.5. The lowest BCUT2D eigenvalue weighted by molar-refractivity contribution is -0.192. The van der Waals surface area contributed by atoms with Crippen LogP contribution < -0.4 is 5.32 Å². The summed E-state index contributed by atoms with van der Waals surface area (Å²) in [7, 11) is 0. The fourth-order valence-corrected chi connectivity index (χ4v) is 3.70. The van der Waals surface area contributed by atoms with Crippen molar-refractivity contribution in [3.05, 3.63) is 0 Å². The molecule has 3 atom stereocenters. The molecule has 1 aliphatic carbocycles. The van der Waals surface area contributed by atoms with Crippen molar-refractivity contribution in [3.63, 3.8) is 0 Å². The summed E-state index contributed by atoms with van der Waals surface area (Å²) in [4.78, 5) is 0. The fraction of sp³-hybridized carbons (Fsp3) is 1.00. The van der Waals surface area contributed by atoms with Crippen LogP contribution in [0.4, 0.5) is 0 Å². The minimum absolute atomic E-state index is 0.336. The van der Waals surface area contributed by atoms with Crippen molar-refractivity contribution < 1.29 is 4.74 Å². The molecule has 0 spiro atoms. The van der Waals surface area contributed by atoms with Gasteiger partial charge >= 0.3 is 0 Å². The van der Waals surface area contributed by atoms with Gasteiger partial charge in [-0.1, -0.05) is 27.7 Å². The highest BCUT2D eigenvalue weighted by Crippen LogP contribution is 2.51. The van der Waals surface area contributed by atoms with E-state index < -0.39 is 0 Å². The van der Waals surface area contributed by atoms with Crippen LogP contribution >= 0.6 is 0 Å². The van der Waals surface area contributed by atoms with Crippen LogP contribution in [0.3, 0.4) is 0 Å². The number of hydrogen-bond donors (Lipinski definition) is 1. The Bertz CT molecular complexity index is 249. The molecule has 3 unspecified atom stereocenters. The van der Waals surface area contributed by atoms with Crippen molar-refractivity contribution in [1.29, 1.82) is 0 Å². The summed E-state index contributed by atoms with van der Waals surface area (Å²) >= 11 is 0. The largest absolute Gasteiger partial charge is 0.377 e. The molecular weight excluding hydrogens is 210 g/mol. The molecule has 0 amide bonds. The van der Waals surface area contributed by atoms with Crippen molar-refractivity contribution in [3.8, 4) is 0 Å². The lowest BCUT2D eigenvalue weighted by atomic mass is 9.55. The Labute approximate surface area is 107 Å². The predicted octanol–water partition coefficient (Wildman–Crippen LogP) is 3.22. The van der Waals surface area contributed by atoms with Gasteiger partial charge in [-0.2, -0.15) is 0 Å². The van der Waals surface area contributed by atoms with Crippen LogP contribution in [0.25, 0.3) is 0 Å². The molecular formula is C15H29NO. The van der Waals surface area contributed by atoms with Gasteiger partial charge in [0.25, 0.3) is 0 Å². The minimum atomic E-state index is 0.336. The van der Waals surface area contributed by atoms with Gasteiger partial charge < -0.3 is 10.1 Å². The Morgan fingerprint density at radius 3 is 2.82 bits per heavy atom. The zero-order valence-electron chi connectivity index (χ0n) is 12.0. The first kappa shape index (κ1) is 13.4. The molecule has 2 aliphatic rings. The summed E-state index contributed by atoms with van der Waals surface area (Å²) in [6.45, 7) is 11.5. The van der Waals surface area contributed by atoms with E-state index in [9.17, 15) is 0 Å². The van der Waals surface area contributed by atoms with E-state index >= 15 is 0 Å².